The van der Waals surface area contributed by atoms with Gasteiger partial charge in [0.15, 0.2) is 0 Å². The first-order chi connectivity index (χ1) is 8.31. The zero-order valence-electron chi connectivity index (χ0n) is 11.2. The fourth-order valence-electron chi connectivity index (χ4n) is 1.36. The molecular weight excluding hydrogens is 230 g/mol. The zero-order valence-corrected chi connectivity index (χ0v) is 11.2. The van der Waals surface area contributed by atoms with Gasteiger partial charge in [0, 0.05) is 5.54 Å². The van der Waals surface area contributed by atoms with Gasteiger partial charge in [-0.3, -0.25) is 4.79 Å². The summed E-state index contributed by atoms with van der Waals surface area (Å²) in [5, 5.41) is 5.92. The molecule has 0 saturated carbocycles. The molecule has 1 aromatic rings. The van der Waals surface area contributed by atoms with Gasteiger partial charge in [-0.05, 0) is 39.8 Å². The van der Waals surface area contributed by atoms with Crippen molar-refractivity contribution in [3.05, 3.63) is 18.2 Å². The van der Waals surface area contributed by atoms with E-state index in [1.807, 2.05) is 20.8 Å². The Bertz CT molecular complexity index is 413. The number of rotatable bonds is 4. The molecule has 1 atom stereocenters. The minimum atomic E-state index is -0.371. The lowest BCUT2D eigenvalue weighted by Gasteiger charge is -2.24. The number of carbonyl (C=O) groups is 1. The summed E-state index contributed by atoms with van der Waals surface area (Å²) in [4.78, 5) is 16.1. The van der Waals surface area contributed by atoms with Crippen LogP contribution in [-0.2, 0) is 4.79 Å². The van der Waals surface area contributed by atoms with Crippen LogP contribution in [0.25, 0.3) is 0 Å². The number of nitrogens with two attached hydrogens (primary N) is 1. The van der Waals surface area contributed by atoms with Gasteiger partial charge in [0.25, 0.3) is 0 Å². The highest BCUT2D eigenvalue weighted by Gasteiger charge is 2.19. The fourth-order valence-corrected chi connectivity index (χ4v) is 1.36. The van der Waals surface area contributed by atoms with Crippen molar-refractivity contribution in [3.8, 4) is 0 Å². The van der Waals surface area contributed by atoms with Gasteiger partial charge in [0.2, 0.25) is 5.91 Å². The molecule has 0 aliphatic carbocycles. The lowest BCUT2D eigenvalue weighted by atomic mass is 10.1. The predicted octanol–water partition coefficient (Wildman–Crippen LogP) is 1.08. The summed E-state index contributed by atoms with van der Waals surface area (Å²) in [5.74, 6) is 6.34. The van der Waals surface area contributed by atoms with Gasteiger partial charge in [-0.15, -0.1) is 0 Å². The van der Waals surface area contributed by atoms with Gasteiger partial charge >= 0.3 is 0 Å². The van der Waals surface area contributed by atoms with Gasteiger partial charge in [0.1, 0.15) is 17.7 Å². The molecule has 6 nitrogen and oxygen atoms in total. The van der Waals surface area contributed by atoms with E-state index < -0.39 is 0 Å². The van der Waals surface area contributed by atoms with Gasteiger partial charge in [-0.2, -0.15) is 0 Å². The van der Waals surface area contributed by atoms with Crippen LogP contribution in [0.3, 0.4) is 0 Å². The fraction of sp³-hybridized carbons (Fsp3) is 0.500. The summed E-state index contributed by atoms with van der Waals surface area (Å²) < 4.78 is 0. The summed E-state index contributed by atoms with van der Waals surface area (Å²) in [6.45, 7) is 7.60. The van der Waals surface area contributed by atoms with Crippen LogP contribution in [0.4, 0.5) is 11.6 Å². The summed E-state index contributed by atoms with van der Waals surface area (Å²) in [5.41, 5.74) is 2.21. The van der Waals surface area contributed by atoms with E-state index in [2.05, 4.69) is 21.0 Å². The molecule has 1 rings (SSSR count). The number of pyridine rings is 1. The quantitative estimate of drug-likeness (QED) is 0.475. The van der Waals surface area contributed by atoms with Crippen LogP contribution < -0.4 is 21.9 Å². The third kappa shape index (κ3) is 4.58. The number of carbonyl (C=O) groups excluding carboxylic acids is 1. The molecule has 6 heteroatoms. The van der Waals surface area contributed by atoms with Gasteiger partial charge in [-0.25, -0.2) is 10.8 Å². The summed E-state index contributed by atoms with van der Waals surface area (Å²) in [7, 11) is 0. The molecule has 1 amide bonds. The number of anilines is 2. The Balaban J connectivity index is 2.63. The maximum absolute atomic E-state index is 11.9. The molecule has 1 aromatic heterocycles. The minimum Gasteiger partial charge on any atom is -0.359 e. The van der Waals surface area contributed by atoms with Crippen LogP contribution in [0.5, 0.6) is 0 Å². The molecule has 1 unspecified atom stereocenters. The molecule has 5 N–H and O–H groups in total. The van der Waals surface area contributed by atoms with E-state index in [0.717, 1.165) is 0 Å². The topological polar surface area (TPSA) is 92.1 Å². The first-order valence-corrected chi connectivity index (χ1v) is 5.84. The van der Waals surface area contributed by atoms with E-state index in [9.17, 15) is 4.79 Å². The SMILES string of the molecule is CC(Nc1cccc(NN)n1)C(=O)NC(C)(C)C. The van der Waals surface area contributed by atoms with Gasteiger partial charge in [0.05, 0.1) is 0 Å². The van der Waals surface area contributed by atoms with Crippen molar-refractivity contribution in [1.29, 1.82) is 0 Å². The molecule has 0 radical (unpaired) electrons. The number of aromatic nitrogens is 1. The lowest BCUT2D eigenvalue weighted by molar-refractivity contribution is -0.122. The number of nitrogens with one attached hydrogen (secondary N) is 3. The normalized spacial score (nSPS) is 12.7. The number of nitrogen functional groups attached to an aromatic ring is 1. The van der Waals surface area contributed by atoms with Crippen molar-refractivity contribution >= 4 is 17.5 Å². The van der Waals surface area contributed by atoms with Crippen LogP contribution in [0.1, 0.15) is 27.7 Å². The molecule has 0 aliphatic heterocycles. The van der Waals surface area contributed by atoms with Crippen LogP contribution >= 0.6 is 0 Å². The van der Waals surface area contributed by atoms with Crippen LogP contribution in [0.2, 0.25) is 0 Å². The van der Waals surface area contributed by atoms with Crippen molar-refractivity contribution in [2.24, 2.45) is 5.84 Å². The molecule has 100 valence electrons. The van der Waals surface area contributed by atoms with Gasteiger partial charge in [-0.1, -0.05) is 6.07 Å². The van der Waals surface area contributed by atoms with E-state index in [-0.39, 0.29) is 17.5 Å². The number of hydrazine groups is 1. The molecule has 0 aliphatic rings. The molecule has 0 spiro atoms. The highest BCUT2D eigenvalue weighted by molar-refractivity contribution is 5.84. The average molecular weight is 251 g/mol. The monoisotopic (exact) mass is 251 g/mol. The summed E-state index contributed by atoms with van der Waals surface area (Å²) in [6, 6.07) is 4.95. The third-order valence-electron chi connectivity index (χ3n) is 2.15. The second-order valence-corrected chi connectivity index (χ2v) is 5.16. The Morgan fingerprint density at radius 2 is 1.94 bits per heavy atom. The van der Waals surface area contributed by atoms with Gasteiger partial charge < -0.3 is 16.1 Å². The van der Waals surface area contributed by atoms with Crippen LogP contribution in [0, 0.1) is 0 Å². The van der Waals surface area contributed by atoms with Crippen molar-refractivity contribution < 1.29 is 4.79 Å². The maximum atomic E-state index is 11.9. The highest BCUT2D eigenvalue weighted by Crippen LogP contribution is 2.09. The number of nitrogens with zero attached hydrogens (tertiary/aromatic N) is 1. The molecule has 1 heterocycles. The van der Waals surface area contributed by atoms with Crippen LogP contribution in [0.15, 0.2) is 18.2 Å². The van der Waals surface area contributed by atoms with E-state index in [1.54, 1.807) is 25.1 Å². The number of hydrogen-bond acceptors (Lipinski definition) is 5. The number of hydrogen-bond donors (Lipinski definition) is 4. The van der Waals surface area contributed by atoms with Crippen LogP contribution in [-0.4, -0.2) is 22.5 Å². The standard InChI is InChI=1S/C12H21N5O/c1-8(11(18)16-12(2,3)4)14-9-6-5-7-10(15-9)17-13/h5-8H,13H2,1-4H3,(H,16,18)(H2,14,15,17). The molecule has 0 aromatic carbocycles. The maximum Gasteiger partial charge on any atom is 0.242 e. The first-order valence-electron chi connectivity index (χ1n) is 5.84. The summed E-state index contributed by atoms with van der Waals surface area (Å²) in [6.07, 6.45) is 0. The lowest BCUT2D eigenvalue weighted by Crippen LogP contribution is -2.47. The summed E-state index contributed by atoms with van der Waals surface area (Å²) >= 11 is 0. The minimum absolute atomic E-state index is 0.0737. The van der Waals surface area contributed by atoms with Crippen molar-refractivity contribution in [2.45, 2.75) is 39.3 Å². The van der Waals surface area contributed by atoms with Crippen molar-refractivity contribution in [1.82, 2.24) is 10.3 Å². The molecule has 0 saturated heterocycles. The average Bonchev–Trinajstić information content (AvgIpc) is 2.27. The Morgan fingerprint density at radius 1 is 1.33 bits per heavy atom. The largest absolute Gasteiger partial charge is 0.359 e. The Hall–Kier alpha value is -1.82. The zero-order chi connectivity index (χ0) is 13.8. The van der Waals surface area contributed by atoms with Crippen molar-refractivity contribution in [2.75, 3.05) is 10.7 Å². The van der Waals surface area contributed by atoms with E-state index in [4.69, 9.17) is 5.84 Å². The molecule has 18 heavy (non-hydrogen) atoms. The molecule has 0 bridgehead atoms. The van der Waals surface area contributed by atoms with Crippen molar-refractivity contribution in [3.63, 3.8) is 0 Å². The number of amides is 1. The van der Waals surface area contributed by atoms with E-state index in [0.29, 0.717) is 11.6 Å². The third-order valence-corrected chi connectivity index (χ3v) is 2.15. The van der Waals surface area contributed by atoms with E-state index in [1.165, 1.54) is 0 Å². The molecular formula is C12H21N5O. The first kappa shape index (κ1) is 14.2. The van der Waals surface area contributed by atoms with E-state index >= 15 is 0 Å². The smallest absolute Gasteiger partial charge is 0.242 e. The predicted molar refractivity (Wildman–Crippen MR) is 73.0 cm³/mol. The molecule has 0 fully saturated rings. The Labute approximate surface area is 107 Å². The second kappa shape index (κ2) is 5.68. The Morgan fingerprint density at radius 3 is 2.50 bits per heavy atom. The highest BCUT2D eigenvalue weighted by atomic mass is 16.2. The Kier molecular flexibility index (Phi) is 4.49. The second-order valence-electron chi connectivity index (χ2n) is 5.16.